The van der Waals surface area contributed by atoms with Crippen LogP contribution in [-0.2, 0) is 16.8 Å². The first kappa shape index (κ1) is 14.0. The minimum Gasteiger partial charge on any atom is -0.306 e. The SMILES string of the molecule is O=S(O)Cc1ccc(N2N=CCC2c2ccccc2)cc1. The molecule has 108 valence electrons. The summed E-state index contributed by atoms with van der Waals surface area (Å²) in [6, 6.07) is 18.1. The van der Waals surface area contributed by atoms with Gasteiger partial charge >= 0.3 is 0 Å². The van der Waals surface area contributed by atoms with Crippen LogP contribution in [0.2, 0.25) is 0 Å². The molecule has 0 spiro atoms. The lowest BCUT2D eigenvalue weighted by Gasteiger charge is -2.24. The first-order valence-electron chi connectivity index (χ1n) is 6.77. The topological polar surface area (TPSA) is 52.9 Å². The highest BCUT2D eigenvalue weighted by Gasteiger charge is 2.23. The van der Waals surface area contributed by atoms with E-state index in [1.807, 2.05) is 53.7 Å². The van der Waals surface area contributed by atoms with Crippen LogP contribution in [0.1, 0.15) is 23.6 Å². The highest BCUT2D eigenvalue weighted by Crippen LogP contribution is 2.33. The maximum Gasteiger partial charge on any atom is 0.157 e. The third-order valence-electron chi connectivity index (χ3n) is 3.51. The molecule has 0 aromatic heterocycles. The maximum absolute atomic E-state index is 10.8. The first-order chi connectivity index (χ1) is 10.2. The van der Waals surface area contributed by atoms with Gasteiger partial charge in [0.25, 0.3) is 0 Å². The van der Waals surface area contributed by atoms with Crippen molar-refractivity contribution in [3.8, 4) is 0 Å². The van der Waals surface area contributed by atoms with E-state index in [1.165, 1.54) is 5.56 Å². The Labute approximate surface area is 126 Å². The lowest BCUT2D eigenvalue weighted by atomic mass is 10.0. The fourth-order valence-electron chi connectivity index (χ4n) is 2.50. The minimum absolute atomic E-state index is 0.158. The Morgan fingerprint density at radius 2 is 1.86 bits per heavy atom. The molecule has 4 nitrogen and oxygen atoms in total. The number of hydrogen-bond acceptors (Lipinski definition) is 3. The summed E-state index contributed by atoms with van der Waals surface area (Å²) in [5, 5.41) is 6.45. The fourth-order valence-corrected chi connectivity index (χ4v) is 2.98. The van der Waals surface area contributed by atoms with Gasteiger partial charge in [-0.3, -0.25) is 5.01 Å². The molecule has 0 bridgehead atoms. The van der Waals surface area contributed by atoms with Crippen molar-refractivity contribution in [2.45, 2.75) is 18.2 Å². The molecule has 2 aromatic rings. The summed E-state index contributed by atoms with van der Waals surface area (Å²) in [5.74, 6) is 0.158. The normalized spacial score (nSPS) is 18.9. The Balaban J connectivity index is 1.82. The van der Waals surface area contributed by atoms with E-state index < -0.39 is 11.1 Å². The Bertz CT molecular complexity index is 656. The average molecular weight is 300 g/mol. The van der Waals surface area contributed by atoms with E-state index in [1.54, 1.807) is 0 Å². The molecular formula is C16H16N2O2S. The van der Waals surface area contributed by atoms with Gasteiger partial charge in [0.15, 0.2) is 11.1 Å². The number of hydrogen-bond donors (Lipinski definition) is 1. The Morgan fingerprint density at radius 3 is 2.52 bits per heavy atom. The summed E-state index contributed by atoms with van der Waals surface area (Å²) in [4.78, 5) is 0. The molecule has 2 unspecified atom stereocenters. The molecule has 2 aromatic carbocycles. The monoisotopic (exact) mass is 300 g/mol. The van der Waals surface area contributed by atoms with Crippen LogP contribution in [0, 0.1) is 0 Å². The van der Waals surface area contributed by atoms with Crippen LogP contribution >= 0.6 is 0 Å². The Morgan fingerprint density at radius 1 is 1.14 bits per heavy atom. The molecule has 1 N–H and O–H groups in total. The number of hydrazone groups is 1. The van der Waals surface area contributed by atoms with Crippen molar-refractivity contribution in [1.29, 1.82) is 0 Å². The predicted octanol–water partition coefficient (Wildman–Crippen LogP) is 3.35. The van der Waals surface area contributed by atoms with E-state index in [-0.39, 0.29) is 11.8 Å². The van der Waals surface area contributed by atoms with E-state index in [2.05, 4.69) is 17.2 Å². The maximum atomic E-state index is 10.8. The second-order valence-electron chi connectivity index (χ2n) is 4.94. The molecule has 0 fully saturated rings. The van der Waals surface area contributed by atoms with E-state index >= 15 is 0 Å². The highest BCUT2D eigenvalue weighted by molar-refractivity contribution is 7.78. The largest absolute Gasteiger partial charge is 0.306 e. The summed E-state index contributed by atoms with van der Waals surface area (Å²) in [7, 11) is 0. The van der Waals surface area contributed by atoms with Crippen LogP contribution in [0.5, 0.6) is 0 Å². The molecule has 1 heterocycles. The van der Waals surface area contributed by atoms with Crippen LogP contribution in [-0.4, -0.2) is 15.0 Å². The third-order valence-corrected chi connectivity index (χ3v) is 4.09. The van der Waals surface area contributed by atoms with Crippen molar-refractivity contribution in [3.05, 3.63) is 65.7 Å². The van der Waals surface area contributed by atoms with Crippen LogP contribution in [0.25, 0.3) is 0 Å². The molecule has 21 heavy (non-hydrogen) atoms. The Hall–Kier alpha value is -1.98. The van der Waals surface area contributed by atoms with Crippen molar-refractivity contribution in [3.63, 3.8) is 0 Å². The molecule has 2 atom stereocenters. The average Bonchev–Trinajstić information content (AvgIpc) is 2.98. The van der Waals surface area contributed by atoms with Gasteiger partial charge in [-0.25, -0.2) is 4.21 Å². The number of benzene rings is 2. The van der Waals surface area contributed by atoms with E-state index in [9.17, 15) is 4.21 Å². The number of nitrogens with zero attached hydrogens (tertiary/aromatic N) is 2. The molecule has 0 aliphatic carbocycles. The number of anilines is 1. The van der Waals surface area contributed by atoms with Gasteiger partial charge < -0.3 is 4.55 Å². The standard InChI is InChI=1S/C16H16N2O2S/c19-21(20)12-13-6-8-15(9-7-13)18-16(10-11-17-18)14-4-2-1-3-5-14/h1-9,11,16H,10,12H2,(H,19,20). The predicted molar refractivity (Wildman–Crippen MR) is 85.7 cm³/mol. The summed E-state index contributed by atoms with van der Waals surface area (Å²) in [6.45, 7) is 0. The van der Waals surface area contributed by atoms with Gasteiger partial charge in [0.1, 0.15) is 0 Å². The smallest absolute Gasteiger partial charge is 0.157 e. The fraction of sp³-hybridized carbons (Fsp3) is 0.188. The van der Waals surface area contributed by atoms with Gasteiger partial charge in [-0.15, -0.1) is 0 Å². The molecule has 1 aliphatic rings. The van der Waals surface area contributed by atoms with Gasteiger partial charge in [0.05, 0.1) is 17.5 Å². The van der Waals surface area contributed by atoms with Gasteiger partial charge in [-0.1, -0.05) is 42.5 Å². The summed E-state index contributed by atoms with van der Waals surface area (Å²) >= 11 is -1.81. The lowest BCUT2D eigenvalue weighted by molar-refractivity contribution is 0.563. The van der Waals surface area contributed by atoms with E-state index in [0.29, 0.717) is 0 Å². The number of rotatable bonds is 4. The van der Waals surface area contributed by atoms with Crippen LogP contribution in [0.3, 0.4) is 0 Å². The van der Waals surface area contributed by atoms with Crippen LogP contribution in [0.15, 0.2) is 59.7 Å². The van der Waals surface area contributed by atoms with Gasteiger partial charge in [0.2, 0.25) is 0 Å². The van der Waals surface area contributed by atoms with Crippen molar-refractivity contribution in [1.82, 2.24) is 0 Å². The first-order valence-corrected chi connectivity index (χ1v) is 8.04. The molecule has 0 radical (unpaired) electrons. The molecule has 5 heteroatoms. The minimum atomic E-state index is -1.81. The summed E-state index contributed by atoms with van der Waals surface area (Å²) < 4.78 is 19.7. The van der Waals surface area contributed by atoms with Crippen LogP contribution < -0.4 is 5.01 Å². The Kier molecular flexibility index (Phi) is 4.13. The third kappa shape index (κ3) is 3.20. The van der Waals surface area contributed by atoms with Crippen molar-refractivity contribution < 1.29 is 8.76 Å². The zero-order valence-corrected chi connectivity index (χ0v) is 12.2. The zero-order valence-electron chi connectivity index (χ0n) is 11.4. The van der Waals surface area contributed by atoms with E-state index in [0.717, 1.165) is 17.7 Å². The highest BCUT2D eigenvalue weighted by atomic mass is 32.2. The molecule has 0 amide bonds. The molecule has 3 rings (SSSR count). The van der Waals surface area contributed by atoms with Crippen molar-refractivity contribution >= 4 is 23.0 Å². The molecular weight excluding hydrogens is 284 g/mol. The van der Waals surface area contributed by atoms with Crippen LogP contribution in [0.4, 0.5) is 5.69 Å². The molecule has 0 saturated carbocycles. The zero-order chi connectivity index (χ0) is 14.7. The van der Waals surface area contributed by atoms with E-state index in [4.69, 9.17) is 4.55 Å². The second-order valence-corrected chi connectivity index (χ2v) is 5.87. The lowest BCUT2D eigenvalue weighted by Crippen LogP contribution is -2.18. The van der Waals surface area contributed by atoms with Crippen molar-refractivity contribution in [2.75, 3.05) is 5.01 Å². The molecule has 1 aliphatic heterocycles. The quantitative estimate of drug-likeness (QED) is 0.881. The summed E-state index contributed by atoms with van der Waals surface area (Å²) in [5.41, 5.74) is 3.07. The van der Waals surface area contributed by atoms with Gasteiger partial charge in [0, 0.05) is 12.6 Å². The second kappa shape index (κ2) is 6.20. The summed E-state index contributed by atoms with van der Waals surface area (Å²) in [6.07, 6.45) is 2.81. The van der Waals surface area contributed by atoms with Gasteiger partial charge in [-0.2, -0.15) is 5.10 Å². The van der Waals surface area contributed by atoms with Crippen molar-refractivity contribution in [2.24, 2.45) is 5.10 Å². The van der Waals surface area contributed by atoms with Gasteiger partial charge in [-0.05, 0) is 23.3 Å². The molecule has 0 saturated heterocycles.